The number of carbonyl (C=O) groups excluding carboxylic acids is 1. The predicted molar refractivity (Wildman–Crippen MR) is 75.4 cm³/mol. The summed E-state index contributed by atoms with van der Waals surface area (Å²) in [7, 11) is -4.90. The number of nitrogens with one attached hydrogen (secondary N) is 2. The molecule has 120 valence electrons. The van der Waals surface area contributed by atoms with Crippen molar-refractivity contribution in [3.63, 3.8) is 0 Å². The van der Waals surface area contributed by atoms with Crippen LogP contribution >= 0.6 is 11.8 Å². The summed E-state index contributed by atoms with van der Waals surface area (Å²) < 4.78 is 31.2. The van der Waals surface area contributed by atoms with Gasteiger partial charge >= 0.3 is 12.0 Å². The number of urea groups is 1. The predicted octanol–water partition coefficient (Wildman–Crippen LogP) is -1.05. The molecule has 6 N–H and O–H groups in total. The molecular weight excluding hydrogens is 322 g/mol. The fourth-order valence-corrected chi connectivity index (χ4v) is 4.72. The number of thioether (sulfide) groups is 1. The van der Waals surface area contributed by atoms with E-state index in [-0.39, 0.29) is 29.8 Å². The second-order valence-electron chi connectivity index (χ2n) is 5.18. The summed E-state index contributed by atoms with van der Waals surface area (Å²) in [4.78, 5) is 19.5. The number of carboxylic acids is 1. The summed E-state index contributed by atoms with van der Waals surface area (Å²) in [6, 6.07) is -0.242. The van der Waals surface area contributed by atoms with Crippen molar-refractivity contribution in [2.45, 2.75) is 41.5 Å². The van der Waals surface area contributed by atoms with Crippen LogP contribution in [0.2, 0.25) is 0 Å². The molecule has 2 amide bonds. The normalized spacial score (nSPS) is 31.1. The fourth-order valence-electron chi connectivity index (χ4n) is 2.56. The summed E-state index contributed by atoms with van der Waals surface area (Å²) in [5.74, 6) is -1.03. The van der Waals surface area contributed by atoms with E-state index in [1.807, 2.05) is 0 Å². The monoisotopic (exact) mass is 339 g/mol. The zero-order valence-electron chi connectivity index (χ0n) is 11.0. The maximum atomic E-state index is 11.2. The van der Waals surface area contributed by atoms with Gasteiger partial charge in [0.1, 0.15) is 0 Å². The van der Waals surface area contributed by atoms with E-state index in [4.69, 9.17) is 15.4 Å². The highest BCUT2D eigenvalue weighted by Crippen LogP contribution is 2.33. The number of amides is 2. The van der Waals surface area contributed by atoms with Crippen molar-refractivity contribution in [2.75, 3.05) is 5.75 Å². The van der Waals surface area contributed by atoms with Gasteiger partial charge in [0.2, 0.25) is 4.87 Å². The molecule has 1 unspecified atom stereocenters. The van der Waals surface area contributed by atoms with Crippen molar-refractivity contribution in [3.8, 4) is 0 Å². The summed E-state index contributed by atoms with van der Waals surface area (Å²) >= 11 is 1.63. The first-order valence-corrected chi connectivity index (χ1v) is 8.82. The van der Waals surface area contributed by atoms with Gasteiger partial charge in [-0.1, -0.05) is 0 Å². The molecule has 4 atom stereocenters. The number of aliphatic carboxylic acids is 1. The van der Waals surface area contributed by atoms with Gasteiger partial charge in [0, 0.05) is 11.0 Å². The highest BCUT2D eigenvalue weighted by atomic mass is 32.2. The Morgan fingerprint density at radius 1 is 1.48 bits per heavy atom. The number of carbonyl (C=O) groups is 2. The Morgan fingerprint density at radius 2 is 2.14 bits per heavy atom. The van der Waals surface area contributed by atoms with Gasteiger partial charge in [-0.3, -0.25) is 4.55 Å². The standard InChI is InChI=1S/C10H17N3O6S2/c11-10(8(14)15,21(17,18)19)3-1-2-6-7-5(4-20-6)12-9(16)13-7/h5-7H,1-4,11H2,(H,14,15)(H2,12,13,16)(H,17,18,19)/t5-,6-,7-,10?/m0/s1. The maximum absolute atomic E-state index is 11.2. The second kappa shape index (κ2) is 5.63. The Labute approximate surface area is 125 Å². The molecule has 0 saturated carbocycles. The first kappa shape index (κ1) is 16.3. The summed E-state index contributed by atoms with van der Waals surface area (Å²) in [5.41, 5.74) is 5.31. The molecular formula is C10H17N3O6S2. The van der Waals surface area contributed by atoms with Crippen LogP contribution in [0.3, 0.4) is 0 Å². The van der Waals surface area contributed by atoms with Crippen LogP contribution in [-0.4, -0.2) is 58.0 Å². The Kier molecular flexibility index (Phi) is 4.38. The zero-order chi connectivity index (χ0) is 15.8. The number of hydrogen-bond acceptors (Lipinski definition) is 6. The molecule has 9 nitrogen and oxygen atoms in total. The van der Waals surface area contributed by atoms with Gasteiger partial charge in [-0.15, -0.1) is 0 Å². The van der Waals surface area contributed by atoms with Crippen LogP contribution in [-0.2, 0) is 14.9 Å². The highest BCUT2D eigenvalue weighted by molar-refractivity contribution is 8.00. The van der Waals surface area contributed by atoms with Crippen molar-refractivity contribution >= 4 is 33.9 Å². The van der Waals surface area contributed by atoms with Crippen LogP contribution < -0.4 is 16.4 Å². The lowest BCUT2D eigenvalue weighted by atomic mass is 10.0. The van der Waals surface area contributed by atoms with E-state index < -0.39 is 27.4 Å². The highest BCUT2D eigenvalue weighted by Gasteiger charge is 2.47. The van der Waals surface area contributed by atoms with Gasteiger partial charge in [0.05, 0.1) is 12.1 Å². The number of hydrogen-bond donors (Lipinski definition) is 5. The largest absolute Gasteiger partial charge is 0.479 e. The van der Waals surface area contributed by atoms with E-state index in [2.05, 4.69) is 10.6 Å². The lowest BCUT2D eigenvalue weighted by molar-refractivity contribution is -0.140. The third kappa shape index (κ3) is 3.10. The van der Waals surface area contributed by atoms with E-state index in [0.29, 0.717) is 6.42 Å². The molecule has 11 heteroatoms. The average Bonchev–Trinajstić information content (AvgIpc) is 2.87. The van der Waals surface area contributed by atoms with Crippen LogP contribution in [0.5, 0.6) is 0 Å². The van der Waals surface area contributed by atoms with Gasteiger partial charge in [-0.25, -0.2) is 9.59 Å². The molecule has 0 aliphatic carbocycles. The Balaban J connectivity index is 1.92. The zero-order valence-corrected chi connectivity index (χ0v) is 12.6. The Hall–Kier alpha value is -1.04. The number of nitrogens with two attached hydrogens (primary N) is 1. The lowest BCUT2D eigenvalue weighted by Gasteiger charge is -2.22. The van der Waals surface area contributed by atoms with Crippen LogP contribution in [0, 0.1) is 0 Å². The minimum Gasteiger partial charge on any atom is -0.479 e. The van der Waals surface area contributed by atoms with E-state index in [1.54, 1.807) is 11.8 Å². The first-order chi connectivity index (χ1) is 9.65. The molecule has 2 fully saturated rings. The van der Waals surface area contributed by atoms with Crippen LogP contribution in [0.15, 0.2) is 0 Å². The molecule has 0 aromatic carbocycles. The SMILES string of the molecule is NC(CCC[C@@H]1SC[C@@H]2NC(=O)N[C@@H]21)(C(=O)O)S(=O)(=O)O. The topological polar surface area (TPSA) is 159 Å². The number of fused-ring (bicyclic) bond motifs is 1. The molecule has 2 rings (SSSR count). The van der Waals surface area contributed by atoms with Crippen LogP contribution in [0.1, 0.15) is 19.3 Å². The Morgan fingerprint density at radius 3 is 2.71 bits per heavy atom. The molecule has 2 aliphatic rings. The van der Waals surface area contributed by atoms with Crippen molar-refractivity contribution in [3.05, 3.63) is 0 Å². The van der Waals surface area contributed by atoms with Crippen LogP contribution in [0.4, 0.5) is 4.79 Å². The van der Waals surface area contributed by atoms with E-state index in [9.17, 15) is 18.0 Å². The van der Waals surface area contributed by atoms with E-state index >= 15 is 0 Å². The van der Waals surface area contributed by atoms with Gasteiger partial charge in [0.25, 0.3) is 10.1 Å². The quantitative estimate of drug-likeness (QED) is 0.303. The van der Waals surface area contributed by atoms with Crippen LogP contribution in [0.25, 0.3) is 0 Å². The minimum absolute atomic E-state index is 0.0381. The Bertz CT molecular complexity index is 553. The molecule has 0 radical (unpaired) electrons. The average molecular weight is 339 g/mol. The molecule has 0 bridgehead atoms. The van der Waals surface area contributed by atoms with Crippen molar-refractivity contribution in [2.24, 2.45) is 5.73 Å². The molecule has 21 heavy (non-hydrogen) atoms. The van der Waals surface area contributed by atoms with Gasteiger partial charge in [-0.05, 0) is 19.3 Å². The molecule has 0 spiro atoms. The third-order valence-electron chi connectivity index (χ3n) is 3.80. The second-order valence-corrected chi connectivity index (χ2v) is 8.13. The van der Waals surface area contributed by atoms with Crippen molar-refractivity contribution in [1.82, 2.24) is 10.6 Å². The first-order valence-electron chi connectivity index (χ1n) is 6.33. The molecule has 2 saturated heterocycles. The molecule has 0 aromatic heterocycles. The van der Waals surface area contributed by atoms with Gasteiger partial charge in [-0.2, -0.15) is 20.2 Å². The van der Waals surface area contributed by atoms with Crippen molar-refractivity contribution < 1.29 is 27.7 Å². The number of rotatable bonds is 6. The molecule has 2 aliphatic heterocycles. The molecule has 0 aromatic rings. The van der Waals surface area contributed by atoms with E-state index in [1.165, 1.54) is 0 Å². The molecule has 2 heterocycles. The van der Waals surface area contributed by atoms with Gasteiger partial charge < -0.3 is 21.5 Å². The lowest BCUT2D eigenvalue weighted by Crippen LogP contribution is -2.54. The summed E-state index contributed by atoms with van der Waals surface area (Å²) in [5, 5.41) is 14.5. The van der Waals surface area contributed by atoms with E-state index in [0.717, 1.165) is 5.75 Å². The smallest absolute Gasteiger partial charge is 0.342 e. The van der Waals surface area contributed by atoms with Gasteiger partial charge in [0.15, 0.2) is 0 Å². The third-order valence-corrected chi connectivity index (χ3v) is 6.61. The van der Waals surface area contributed by atoms with Crippen molar-refractivity contribution in [1.29, 1.82) is 0 Å². The maximum Gasteiger partial charge on any atom is 0.342 e. The summed E-state index contributed by atoms with van der Waals surface area (Å²) in [6.07, 6.45) is 0.311. The fraction of sp³-hybridized carbons (Fsp3) is 0.800. The minimum atomic E-state index is -4.90. The number of carboxylic acid groups (broad SMARTS) is 1. The summed E-state index contributed by atoms with van der Waals surface area (Å²) in [6.45, 7) is 0.